The summed E-state index contributed by atoms with van der Waals surface area (Å²) in [4.78, 5) is 11.9. The number of nitrogens with zero attached hydrogens (tertiary/aromatic N) is 3. The third-order valence-corrected chi connectivity index (χ3v) is 4.22. The van der Waals surface area contributed by atoms with Crippen molar-refractivity contribution in [3.63, 3.8) is 0 Å². The summed E-state index contributed by atoms with van der Waals surface area (Å²) in [5.74, 6) is -0.243. The zero-order valence-electron chi connectivity index (χ0n) is 9.57. The number of halogens is 2. The third-order valence-electron chi connectivity index (χ3n) is 2.35. The molecule has 2 rings (SSSR count). The van der Waals surface area contributed by atoms with Crippen molar-refractivity contribution in [3.8, 4) is 0 Å². The summed E-state index contributed by atoms with van der Waals surface area (Å²) in [5.41, 5.74) is 1.28. The molecule has 0 aromatic carbocycles. The number of hydrogen-bond donors (Lipinski definition) is 2. The molecular weight excluding hydrogens is 366 g/mol. The van der Waals surface area contributed by atoms with Gasteiger partial charge in [-0.3, -0.25) is 14.6 Å². The Morgan fingerprint density at radius 1 is 1.56 bits per heavy atom. The molecule has 0 atom stereocenters. The van der Waals surface area contributed by atoms with Crippen LogP contribution in [0, 0.1) is 0 Å². The zero-order valence-corrected chi connectivity index (χ0v) is 12.7. The van der Waals surface area contributed by atoms with Gasteiger partial charge >= 0.3 is 0 Å². The Labute approximate surface area is 120 Å². The molecule has 0 aliphatic carbocycles. The maximum absolute atomic E-state index is 11.9. The Balaban J connectivity index is 1.98. The van der Waals surface area contributed by atoms with Crippen molar-refractivity contribution < 1.29 is 4.79 Å². The number of hydrogen-bond acceptors (Lipinski definition) is 3. The van der Waals surface area contributed by atoms with Gasteiger partial charge in [-0.2, -0.15) is 10.2 Å². The smallest absolute Gasteiger partial charge is 0.273 e. The molecule has 96 valence electrons. The van der Waals surface area contributed by atoms with E-state index in [1.165, 1.54) is 0 Å². The van der Waals surface area contributed by atoms with E-state index in [1.54, 1.807) is 6.20 Å². The van der Waals surface area contributed by atoms with Crippen LogP contribution in [-0.2, 0) is 13.1 Å². The fourth-order valence-corrected chi connectivity index (χ4v) is 2.03. The minimum atomic E-state index is -0.243. The van der Waals surface area contributed by atoms with Crippen molar-refractivity contribution in [3.05, 3.63) is 32.7 Å². The Morgan fingerprint density at radius 2 is 2.33 bits per heavy atom. The first-order chi connectivity index (χ1) is 8.61. The van der Waals surface area contributed by atoms with Crippen LogP contribution in [0.15, 0.2) is 21.5 Å². The van der Waals surface area contributed by atoms with E-state index in [-0.39, 0.29) is 5.91 Å². The van der Waals surface area contributed by atoms with Gasteiger partial charge in [0, 0.05) is 24.8 Å². The maximum atomic E-state index is 11.9. The van der Waals surface area contributed by atoms with Crippen molar-refractivity contribution in [2.75, 3.05) is 0 Å². The van der Waals surface area contributed by atoms with Crippen LogP contribution >= 0.6 is 31.9 Å². The Kier molecular flexibility index (Phi) is 4.18. The SMILES string of the molecule is CCn1cc(CNC(=O)c2n[nH]c(Br)c2Br)cn1. The van der Waals surface area contributed by atoms with E-state index in [1.807, 2.05) is 17.8 Å². The molecule has 0 saturated carbocycles. The predicted octanol–water partition coefficient (Wildman–Crippen LogP) is 2.08. The van der Waals surface area contributed by atoms with Crippen LogP contribution in [0.3, 0.4) is 0 Å². The molecule has 0 aliphatic rings. The average molecular weight is 377 g/mol. The van der Waals surface area contributed by atoms with Gasteiger partial charge < -0.3 is 5.32 Å². The van der Waals surface area contributed by atoms with Crippen molar-refractivity contribution >= 4 is 37.8 Å². The Hall–Kier alpha value is -1.15. The molecule has 6 nitrogen and oxygen atoms in total. The second-order valence-electron chi connectivity index (χ2n) is 3.59. The number of aromatic nitrogens is 4. The number of nitrogens with one attached hydrogen (secondary N) is 2. The topological polar surface area (TPSA) is 75.6 Å². The van der Waals surface area contributed by atoms with E-state index in [0.29, 0.717) is 21.3 Å². The van der Waals surface area contributed by atoms with Gasteiger partial charge in [0.1, 0.15) is 4.60 Å². The van der Waals surface area contributed by atoms with Crippen LogP contribution in [0.1, 0.15) is 23.0 Å². The summed E-state index contributed by atoms with van der Waals surface area (Å²) in [6.07, 6.45) is 3.63. The van der Waals surface area contributed by atoms with Crippen LogP contribution in [0.5, 0.6) is 0 Å². The normalized spacial score (nSPS) is 10.6. The highest BCUT2D eigenvalue weighted by Crippen LogP contribution is 2.23. The van der Waals surface area contributed by atoms with Gasteiger partial charge in [0.05, 0.1) is 10.7 Å². The van der Waals surface area contributed by atoms with Gasteiger partial charge in [-0.25, -0.2) is 0 Å². The van der Waals surface area contributed by atoms with E-state index < -0.39 is 0 Å². The number of amides is 1. The van der Waals surface area contributed by atoms with Gasteiger partial charge in [0.15, 0.2) is 5.69 Å². The fourth-order valence-electron chi connectivity index (χ4n) is 1.39. The first-order valence-corrected chi connectivity index (χ1v) is 6.89. The summed E-state index contributed by atoms with van der Waals surface area (Å²) in [6, 6.07) is 0. The molecule has 18 heavy (non-hydrogen) atoms. The molecule has 0 bridgehead atoms. The summed E-state index contributed by atoms with van der Waals surface area (Å²) < 4.78 is 3.07. The molecule has 8 heteroatoms. The molecule has 0 spiro atoms. The lowest BCUT2D eigenvalue weighted by atomic mass is 10.3. The minimum absolute atomic E-state index is 0.243. The standard InChI is InChI=1S/C10H11Br2N5O/c1-2-17-5-6(4-14-17)3-13-10(18)8-7(11)9(12)16-15-8/h4-5H,2-3H2,1H3,(H,13,18)(H,15,16). The molecule has 0 aliphatic heterocycles. The van der Waals surface area contributed by atoms with Crippen LogP contribution in [0.25, 0.3) is 0 Å². The van der Waals surface area contributed by atoms with Gasteiger partial charge in [0.25, 0.3) is 5.91 Å². The van der Waals surface area contributed by atoms with Crippen molar-refractivity contribution in [1.82, 2.24) is 25.3 Å². The molecule has 2 N–H and O–H groups in total. The number of rotatable bonds is 4. The molecular formula is C10H11Br2N5O. The largest absolute Gasteiger partial charge is 0.346 e. The molecule has 2 aromatic heterocycles. The lowest BCUT2D eigenvalue weighted by Gasteiger charge is -2.00. The summed E-state index contributed by atoms with van der Waals surface area (Å²) in [7, 11) is 0. The fraction of sp³-hybridized carbons (Fsp3) is 0.300. The monoisotopic (exact) mass is 375 g/mol. The number of aryl methyl sites for hydroxylation is 1. The van der Waals surface area contributed by atoms with Crippen molar-refractivity contribution in [2.24, 2.45) is 0 Å². The van der Waals surface area contributed by atoms with E-state index >= 15 is 0 Å². The highest BCUT2D eigenvalue weighted by Gasteiger charge is 2.16. The summed E-state index contributed by atoms with van der Waals surface area (Å²) >= 11 is 6.51. The summed E-state index contributed by atoms with van der Waals surface area (Å²) in [5, 5.41) is 13.5. The van der Waals surface area contributed by atoms with Crippen LogP contribution in [-0.4, -0.2) is 25.9 Å². The van der Waals surface area contributed by atoms with Crippen molar-refractivity contribution in [1.29, 1.82) is 0 Å². The van der Waals surface area contributed by atoms with Gasteiger partial charge in [-0.15, -0.1) is 0 Å². The second kappa shape index (κ2) is 5.66. The molecule has 0 unspecified atom stereocenters. The van der Waals surface area contributed by atoms with E-state index in [2.05, 4.69) is 52.5 Å². The van der Waals surface area contributed by atoms with Crippen molar-refractivity contribution in [2.45, 2.75) is 20.0 Å². The third kappa shape index (κ3) is 2.81. The van der Waals surface area contributed by atoms with Gasteiger partial charge in [-0.1, -0.05) is 0 Å². The molecule has 0 saturated heterocycles. The first kappa shape index (κ1) is 13.3. The van der Waals surface area contributed by atoms with E-state index in [9.17, 15) is 4.79 Å². The lowest BCUT2D eigenvalue weighted by Crippen LogP contribution is -2.23. The number of carbonyl (C=O) groups is 1. The quantitative estimate of drug-likeness (QED) is 0.857. The van der Waals surface area contributed by atoms with Crippen LogP contribution in [0.4, 0.5) is 0 Å². The molecule has 1 amide bonds. The second-order valence-corrected chi connectivity index (χ2v) is 5.17. The van der Waals surface area contributed by atoms with E-state index in [0.717, 1.165) is 12.1 Å². The van der Waals surface area contributed by atoms with Gasteiger partial charge in [0.2, 0.25) is 0 Å². The minimum Gasteiger partial charge on any atom is -0.346 e. The zero-order chi connectivity index (χ0) is 13.1. The molecule has 0 radical (unpaired) electrons. The summed E-state index contributed by atoms with van der Waals surface area (Å²) in [6.45, 7) is 3.25. The van der Waals surface area contributed by atoms with E-state index in [4.69, 9.17) is 0 Å². The number of carbonyl (C=O) groups excluding carboxylic acids is 1. The molecule has 2 heterocycles. The highest BCUT2D eigenvalue weighted by molar-refractivity contribution is 9.13. The predicted molar refractivity (Wildman–Crippen MR) is 73.1 cm³/mol. The van der Waals surface area contributed by atoms with Crippen LogP contribution < -0.4 is 5.32 Å². The van der Waals surface area contributed by atoms with Gasteiger partial charge in [-0.05, 0) is 38.8 Å². The molecule has 2 aromatic rings. The Morgan fingerprint density at radius 3 is 2.89 bits per heavy atom. The number of aromatic amines is 1. The first-order valence-electron chi connectivity index (χ1n) is 5.30. The maximum Gasteiger partial charge on any atom is 0.273 e. The highest BCUT2D eigenvalue weighted by atomic mass is 79.9. The Bertz CT molecular complexity index is 562. The number of H-pyrrole nitrogens is 1. The molecule has 0 fully saturated rings. The lowest BCUT2D eigenvalue weighted by molar-refractivity contribution is 0.0945. The average Bonchev–Trinajstić information content (AvgIpc) is 2.95. The van der Waals surface area contributed by atoms with Crippen LogP contribution in [0.2, 0.25) is 0 Å².